The number of nitrogens with zero attached hydrogens (tertiary/aromatic N) is 2. The second-order valence-electron chi connectivity index (χ2n) is 24.4. The summed E-state index contributed by atoms with van der Waals surface area (Å²) < 4.78 is 22.4. The lowest BCUT2D eigenvalue weighted by Gasteiger charge is -2.72. The van der Waals surface area contributed by atoms with Crippen molar-refractivity contribution in [3.05, 3.63) is 120 Å². The summed E-state index contributed by atoms with van der Waals surface area (Å²) in [6.07, 6.45) is 10.1. The molecule has 7 nitrogen and oxygen atoms in total. The van der Waals surface area contributed by atoms with Gasteiger partial charge in [0.1, 0.15) is 37.1 Å². The topological polar surface area (TPSA) is 72.0 Å². The number of hydrogen-bond donors (Lipinski definition) is 0. The minimum Gasteiger partial charge on any atom is -0.460 e. The van der Waals surface area contributed by atoms with Crippen molar-refractivity contribution in [2.24, 2.45) is 56.7 Å². The van der Waals surface area contributed by atoms with Crippen LogP contribution in [0.1, 0.15) is 149 Å². The lowest BCUT2D eigenvalue weighted by atomic mass is 9.32. The number of allylic oxidation sites excluding steroid dienone is 1. The number of fused-ring (bicyclic) bond motifs is 9. The molecule has 0 bridgehead atoms. The number of esters is 2. The summed E-state index contributed by atoms with van der Waals surface area (Å²) in [5.41, 5.74) is 7.26. The Morgan fingerprint density at radius 3 is 2.19 bits per heavy atom. The first-order valence-electron chi connectivity index (χ1n) is 28.0. The van der Waals surface area contributed by atoms with E-state index in [-0.39, 0.29) is 45.6 Å². The van der Waals surface area contributed by atoms with Gasteiger partial charge in [-0.2, -0.15) is 0 Å². The third-order valence-electron chi connectivity index (χ3n) is 21.2. The molecule has 0 saturated heterocycles. The van der Waals surface area contributed by atoms with E-state index in [1.54, 1.807) is 0 Å². The van der Waals surface area contributed by atoms with Gasteiger partial charge in [0.2, 0.25) is 5.36 Å². The Labute approximate surface area is 430 Å². The van der Waals surface area contributed by atoms with Crippen LogP contribution in [0.25, 0.3) is 33.4 Å². The molecule has 0 spiro atoms. The standard InChI is InChI=1S/C65H83N2O5/c1-12-66(13-2)44-25-27-49-52(39-44)71-53-40-45(67(14-3)15-4)26-28-50(53)57(49)47-23-19-20-24-48(47)59(68)72-56-33-34-62(9)54(61(56,7)8)32-35-64(11)55(62)30-29-51-58-46(42(5)6)31-36-65(58,38-37-63(51,64)10)60(69)70-41-43-21-17-16-18-22-43/h16-28,39-40,46,51,54-56,58H,5,12-15,29-38,41H2,1-4,6-11H3/q+1/t46-,51+,54-,55+,56-,58-,62-,63+,64+,65-/m0/s1. The predicted molar refractivity (Wildman–Crippen MR) is 293 cm³/mol. The van der Waals surface area contributed by atoms with E-state index >= 15 is 4.79 Å². The molecule has 3 aromatic rings. The Balaban J connectivity index is 0.937. The van der Waals surface area contributed by atoms with Crippen LogP contribution in [0.5, 0.6) is 0 Å². The second kappa shape index (κ2) is 19.0. The van der Waals surface area contributed by atoms with Crippen molar-refractivity contribution in [1.82, 2.24) is 4.58 Å². The number of carbonyl (C=O) groups is 2. The number of hydrogen-bond acceptors (Lipinski definition) is 6. The first-order valence-corrected chi connectivity index (χ1v) is 28.0. The van der Waals surface area contributed by atoms with Gasteiger partial charge in [0.25, 0.3) is 0 Å². The highest BCUT2D eigenvalue weighted by molar-refractivity contribution is 6.08. The molecule has 0 radical (unpaired) electrons. The van der Waals surface area contributed by atoms with Crippen LogP contribution in [-0.2, 0) is 20.9 Å². The fourth-order valence-electron chi connectivity index (χ4n) is 17.4. The largest absolute Gasteiger partial charge is 0.460 e. The van der Waals surface area contributed by atoms with E-state index in [9.17, 15) is 4.79 Å². The zero-order chi connectivity index (χ0) is 51.0. The van der Waals surface area contributed by atoms with E-state index < -0.39 is 5.41 Å². The average molecular weight is 972 g/mol. The molecule has 5 saturated carbocycles. The Hall–Kier alpha value is -5.17. The molecule has 72 heavy (non-hydrogen) atoms. The molecular formula is C65H83N2O5+. The zero-order valence-electron chi connectivity index (χ0n) is 45.4. The van der Waals surface area contributed by atoms with Crippen LogP contribution < -0.4 is 14.8 Å². The Bertz CT molecular complexity index is 2900. The van der Waals surface area contributed by atoms with Crippen molar-refractivity contribution in [2.45, 2.75) is 146 Å². The summed E-state index contributed by atoms with van der Waals surface area (Å²) in [6.45, 7) is 32.2. The summed E-state index contributed by atoms with van der Waals surface area (Å²) in [5.74, 6) is 2.55. The average Bonchev–Trinajstić information content (AvgIpc) is 3.78. The van der Waals surface area contributed by atoms with Crippen LogP contribution in [0, 0.1) is 56.7 Å². The third kappa shape index (κ3) is 7.82. The highest BCUT2D eigenvalue weighted by atomic mass is 16.5. The summed E-state index contributed by atoms with van der Waals surface area (Å²) in [6, 6.07) is 31.3. The summed E-state index contributed by atoms with van der Waals surface area (Å²) in [5, 5.41) is 2.10. The van der Waals surface area contributed by atoms with E-state index in [1.807, 2.05) is 36.4 Å². The molecule has 1 heterocycles. The SMILES string of the molecule is C=C(C)[C@@H]1CC[C@]2(C(=O)OCc3ccccc3)CC[C@]3(C)[C@H](CC[C@@H]4[C@@]5(C)CC[C@H](OC(=O)c6ccccc6-c6c7ccc(=[N+](CC)CC)cc-7oc7cc(N(CC)CC)ccc67)C(C)(C)[C@@H]5CC[C@]43C)[C@H]12. The van der Waals surface area contributed by atoms with Gasteiger partial charge in [0, 0.05) is 52.8 Å². The van der Waals surface area contributed by atoms with Gasteiger partial charge >= 0.3 is 11.9 Å². The number of carbonyl (C=O) groups excluding carboxylic acids is 2. The lowest BCUT2D eigenvalue weighted by molar-refractivity contribution is -0.248. The molecule has 0 N–H and O–H groups in total. The molecule has 3 aromatic carbocycles. The Morgan fingerprint density at radius 1 is 0.736 bits per heavy atom. The summed E-state index contributed by atoms with van der Waals surface area (Å²) in [7, 11) is 0. The van der Waals surface area contributed by atoms with Gasteiger partial charge in [0.15, 0.2) is 0 Å². The molecular weight excluding hydrogens is 889 g/mol. The Kier molecular flexibility index (Phi) is 13.3. The molecule has 10 rings (SSSR count). The van der Waals surface area contributed by atoms with E-state index in [4.69, 9.17) is 13.9 Å². The first kappa shape index (κ1) is 50.4. The monoisotopic (exact) mass is 972 g/mol. The van der Waals surface area contributed by atoms with E-state index in [1.165, 1.54) is 12.0 Å². The highest BCUT2D eigenvalue weighted by Crippen LogP contribution is 2.78. The van der Waals surface area contributed by atoms with Gasteiger partial charge in [0.05, 0.1) is 17.0 Å². The minimum atomic E-state index is -0.449. The van der Waals surface area contributed by atoms with Crippen molar-refractivity contribution in [3.8, 4) is 22.5 Å². The second-order valence-corrected chi connectivity index (χ2v) is 24.4. The maximum Gasteiger partial charge on any atom is 0.339 e. The predicted octanol–water partition coefficient (Wildman–Crippen LogP) is 14.8. The molecule has 1 aliphatic heterocycles. The van der Waals surface area contributed by atoms with Gasteiger partial charge in [-0.15, -0.1) is 0 Å². The van der Waals surface area contributed by atoms with Crippen LogP contribution >= 0.6 is 0 Å². The molecule has 0 aromatic heterocycles. The van der Waals surface area contributed by atoms with E-state index in [0.29, 0.717) is 35.8 Å². The van der Waals surface area contributed by atoms with Crippen molar-refractivity contribution in [1.29, 1.82) is 0 Å². The van der Waals surface area contributed by atoms with Crippen LogP contribution in [0.3, 0.4) is 0 Å². The minimum absolute atomic E-state index is 0.0252. The summed E-state index contributed by atoms with van der Waals surface area (Å²) in [4.78, 5) is 32.0. The summed E-state index contributed by atoms with van der Waals surface area (Å²) >= 11 is 0. The fraction of sp³-hybridized carbons (Fsp3) is 0.554. The number of rotatable bonds is 12. The van der Waals surface area contributed by atoms with Crippen LogP contribution in [-0.4, -0.2) is 44.2 Å². The van der Waals surface area contributed by atoms with E-state index in [2.05, 4.69) is 140 Å². The van der Waals surface area contributed by atoms with Gasteiger partial charge in [-0.05, 0) is 180 Å². The van der Waals surface area contributed by atoms with Gasteiger partial charge < -0.3 is 18.8 Å². The molecule has 6 aliphatic carbocycles. The van der Waals surface area contributed by atoms with Crippen molar-refractivity contribution in [3.63, 3.8) is 0 Å². The molecule has 0 unspecified atom stereocenters. The smallest absolute Gasteiger partial charge is 0.339 e. The number of ether oxygens (including phenoxy) is 2. The highest BCUT2D eigenvalue weighted by Gasteiger charge is 2.72. The van der Waals surface area contributed by atoms with Crippen LogP contribution in [0.2, 0.25) is 0 Å². The third-order valence-corrected chi connectivity index (χ3v) is 21.2. The van der Waals surface area contributed by atoms with Crippen LogP contribution in [0.4, 0.5) is 5.69 Å². The quantitative estimate of drug-likeness (QED) is 0.0537. The van der Waals surface area contributed by atoms with Gasteiger partial charge in [-0.1, -0.05) is 95.3 Å². The van der Waals surface area contributed by atoms with Gasteiger partial charge in [-0.3, -0.25) is 4.79 Å². The number of benzene rings is 4. The molecule has 7 aliphatic rings. The van der Waals surface area contributed by atoms with Crippen LogP contribution in [0.15, 0.2) is 108 Å². The lowest BCUT2D eigenvalue weighted by Crippen LogP contribution is -2.67. The Morgan fingerprint density at radius 2 is 1.47 bits per heavy atom. The molecule has 7 heteroatoms. The fourth-order valence-corrected chi connectivity index (χ4v) is 17.4. The molecule has 5 fully saturated rings. The molecule has 382 valence electrons. The zero-order valence-corrected chi connectivity index (χ0v) is 45.4. The first-order chi connectivity index (χ1) is 34.5. The van der Waals surface area contributed by atoms with Crippen molar-refractivity contribution >= 4 is 28.6 Å². The van der Waals surface area contributed by atoms with Crippen molar-refractivity contribution < 1.29 is 23.5 Å². The normalized spacial score (nSPS) is 31.4. The maximum atomic E-state index is 15.1. The van der Waals surface area contributed by atoms with Gasteiger partial charge in [-0.25, -0.2) is 9.37 Å². The number of anilines is 1. The maximum absolute atomic E-state index is 15.1. The van der Waals surface area contributed by atoms with E-state index in [0.717, 1.165) is 134 Å². The molecule has 10 atom stereocenters. The molecule has 0 amide bonds. The van der Waals surface area contributed by atoms with Crippen molar-refractivity contribution in [2.75, 3.05) is 31.1 Å².